The zero-order valence-corrected chi connectivity index (χ0v) is 9.71. The van der Waals surface area contributed by atoms with Crippen LogP contribution < -0.4 is 5.32 Å². The lowest BCUT2D eigenvalue weighted by atomic mass is 10.1. The molecule has 2 unspecified atom stereocenters. The van der Waals surface area contributed by atoms with Crippen molar-refractivity contribution in [1.29, 1.82) is 0 Å². The molecule has 0 aliphatic carbocycles. The molecule has 0 saturated heterocycles. The number of hydrogen-bond acceptors (Lipinski definition) is 2. The number of amides is 1. The lowest BCUT2D eigenvalue weighted by molar-refractivity contribution is -0.124. The molecule has 1 rings (SSSR count). The molecule has 5 heteroatoms. The third kappa shape index (κ3) is 3.23. The minimum Gasteiger partial charge on any atom is -0.347 e. The van der Waals surface area contributed by atoms with Crippen molar-refractivity contribution >= 4 is 17.5 Å². The standard InChI is InChI=1S/C10H16ClN3O/c1-3-8(9-12-4-5-13-9)14-10(15)7(2)6-11/h4-5,7-8H,3,6H2,1-2H3,(H,12,13)(H,14,15). The zero-order chi connectivity index (χ0) is 11.3. The van der Waals surface area contributed by atoms with Gasteiger partial charge < -0.3 is 10.3 Å². The second-order valence-corrected chi connectivity index (χ2v) is 3.81. The van der Waals surface area contributed by atoms with Gasteiger partial charge in [-0.15, -0.1) is 11.6 Å². The van der Waals surface area contributed by atoms with Gasteiger partial charge in [-0.1, -0.05) is 13.8 Å². The number of aromatic amines is 1. The summed E-state index contributed by atoms with van der Waals surface area (Å²) in [7, 11) is 0. The average Bonchev–Trinajstić information content (AvgIpc) is 2.77. The fourth-order valence-corrected chi connectivity index (χ4v) is 1.36. The highest BCUT2D eigenvalue weighted by atomic mass is 35.5. The molecule has 4 nitrogen and oxygen atoms in total. The zero-order valence-electron chi connectivity index (χ0n) is 8.96. The van der Waals surface area contributed by atoms with Crippen molar-refractivity contribution in [3.8, 4) is 0 Å². The van der Waals surface area contributed by atoms with Crippen molar-refractivity contribution < 1.29 is 4.79 Å². The van der Waals surface area contributed by atoms with Gasteiger partial charge in [0.2, 0.25) is 5.91 Å². The van der Waals surface area contributed by atoms with E-state index in [1.54, 1.807) is 19.3 Å². The quantitative estimate of drug-likeness (QED) is 0.758. The van der Waals surface area contributed by atoms with Crippen molar-refractivity contribution in [3.63, 3.8) is 0 Å². The Bertz CT molecular complexity index is 300. The summed E-state index contributed by atoms with van der Waals surface area (Å²) < 4.78 is 0. The average molecular weight is 230 g/mol. The van der Waals surface area contributed by atoms with E-state index in [2.05, 4.69) is 15.3 Å². The molecule has 0 saturated carbocycles. The number of alkyl halides is 1. The molecule has 1 heterocycles. The van der Waals surface area contributed by atoms with E-state index in [4.69, 9.17) is 11.6 Å². The summed E-state index contributed by atoms with van der Waals surface area (Å²) in [6, 6.07) is -0.0573. The number of aromatic nitrogens is 2. The number of carbonyl (C=O) groups is 1. The van der Waals surface area contributed by atoms with Gasteiger partial charge in [0, 0.05) is 24.2 Å². The fourth-order valence-electron chi connectivity index (χ4n) is 1.22. The van der Waals surface area contributed by atoms with Crippen molar-refractivity contribution in [2.24, 2.45) is 5.92 Å². The maximum absolute atomic E-state index is 11.6. The monoisotopic (exact) mass is 229 g/mol. The second-order valence-electron chi connectivity index (χ2n) is 3.50. The second kappa shape index (κ2) is 5.75. The third-order valence-corrected chi connectivity index (χ3v) is 2.72. The number of nitrogens with zero attached hydrogens (tertiary/aromatic N) is 1. The molecule has 84 valence electrons. The van der Waals surface area contributed by atoms with Crippen molar-refractivity contribution in [2.75, 3.05) is 5.88 Å². The van der Waals surface area contributed by atoms with Gasteiger partial charge >= 0.3 is 0 Å². The van der Waals surface area contributed by atoms with Crippen molar-refractivity contribution in [2.45, 2.75) is 26.3 Å². The van der Waals surface area contributed by atoms with E-state index >= 15 is 0 Å². The summed E-state index contributed by atoms with van der Waals surface area (Å²) in [4.78, 5) is 18.7. The van der Waals surface area contributed by atoms with E-state index in [1.807, 2.05) is 6.92 Å². The molecular weight excluding hydrogens is 214 g/mol. The first-order valence-corrected chi connectivity index (χ1v) is 5.58. The Kier molecular flexibility index (Phi) is 4.62. The van der Waals surface area contributed by atoms with Crippen LogP contribution in [-0.2, 0) is 4.79 Å². The highest BCUT2D eigenvalue weighted by molar-refractivity contribution is 6.19. The first kappa shape index (κ1) is 12.0. The molecule has 1 aromatic rings. The lowest BCUT2D eigenvalue weighted by Gasteiger charge is -2.16. The van der Waals surface area contributed by atoms with Crippen LogP contribution in [0.3, 0.4) is 0 Å². The largest absolute Gasteiger partial charge is 0.347 e. The maximum Gasteiger partial charge on any atom is 0.224 e. The van der Waals surface area contributed by atoms with Crippen LogP contribution in [0.1, 0.15) is 32.1 Å². The SMILES string of the molecule is CCC(NC(=O)C(C)CCl)c1ncc[nH]1. The highest BCUT2D eigenvalue weighted by Gasteiger charge is 2.18. The summed E-state index contributed by atoms with van der Waals surface area (Å²) in [5, 5.41) is 2.90. The minimum absolute atomic E-state index is 0.0340. The van der Waals surface area contributed by atoms with Crippen LogP contribution in [0.4, 0.5) is 0 Å². The van der Waals surface area contributed by atoms with Crippen LogP contribution in [-0.4, -0.2) is 21.8 Å². The molecule has 0 aromatic carbocycles. The molecule has 1 amide bonds. The Labute approximate surface area is 94.4 Å². The Balaban J connectivity index is 2.58. The summed E-state index contributed by atoms with van der Waals surface area (Å²) in [5.74, 6) is 0.914. The highest BCUT2D eigenvalue weighted by Crippen LogP contribution is 2.12. The van der Waals surface area contributed by atoms with Crippen LogP contribution in [0.25, 0.3) is 0 Å². The molecule has 0 fully saturated rings. The van der Waals surface area contributed by atoms with Gasteiger partial charge in [-0.05, 0) is 6.42 Å². The number of halogens is 1. The number of imidazole rings is 1. The molecule has 0 bridgehead atoms. The minimum atomic E-state index is -0.171. The van der Waals surface area contributed by atoms with E-state index in [0.717, 1.165) is 12.2 Å². The molecule has 0 aliphatic heterocycles. The predicted octanol–water partition coefficient (Wildman–Crippen LogP) is 1.85. The number of hydrogen-bond donors (Lipinski definition) is 2. The number of rotatable bonds is 5. The van der Waals surface area contributed by atoms with Gasteiger partial charge in [-0.3, -0.25) is 4.79 Å². The van der Waals surface area contributed by atoms with E-state index in [9.17, 15) is 4.79 Å². The summed E-state index contributed by atoms with van der Waals surface area (Å²) >= 11 is 5.61. The Morgan fingerprint density at radius 2 is 2.47 bits per heavy atom. The van der Waals surface area contributed by atoms with E-state index in [1.165, 1.54) is 0 Å². The molecule has 2 N–H and O–H groups in total. The van der Waals surface area contributed by atoms with E-state index < -0.39 is 0 Å². The van der Waals surface area contributed by atoms with Gasteiger partial charge in [0.05, 0.1) is 6.04 Å². The van der Waals surface area contributed by atoms with Crippen LogP contribution in [0.2, 0.25) is 0 Å². The van der Waals surface area contributed by atoms with Crippen LogP contribution in [0, 0.1) is 5.92 Å². The van der Waals surface area contributed by atoms with Gasteiger partial charge in [0.1, 0.15) is 5.82 Å². The lowest BCUT2D eigenvalue weighted by Crippen LogP contribution is -2.33. The molecule has 1 aromatic heterocycles. The van der Waals surface area contributed by atoms with Gasteiger partial charge in [-0.25, -0.2) is 4.98 Å². The predicted molar refractivity (Wildman–Crippen MR) is 59.6 cm³/mol. The van der Waals surface area contributed by atoms with Gasteiger partial charge in [-0.2, -0.15) is 0 Å². The summed E-state index contributed by atoms with van der Waals surface area (Å²) in [6.45, 7) is 3.80. The van der Waals surface area contributed by atoms with Crippen LogP contribution >= 0.6 is 11.6 Å². The van der Waals surface area contributed by atoms with Crippen LogP contribution in [0.15, 0.2) is 12.4 Å². The number of nitrogens with one attached hydrogen (secondary N) is 2. The Morgan fingerprint density at radius 3 is 2.93 bits per heavy atom. The van der Waals surface area contributed by atoms with E-state index in [0.29, 0.717) is 5.88 Å². The Hall–Kier alpha value is -1.03. The number of carbonyl (C=O) groups excluding carboxylic acids is 1. The van der Waals surface area contributed by atoms with Crippen molar-refractivity contribution in [3.05, 3.63) is 18.2 Å². The molecule has 0 radical (unpaired) electrons. The first-order chi connectivity index (χ1) is 7.19. The normalized spacial score (nSPS) is 14.6. The first-order valence-electron chi connectivity index (χ1n) is 5.04. The number of H-pyrrole nitrogens is 1. The van der Waals surface area contributed by atoms with E-state index in [-0.39, 0.29) is 17.9 Å². The molecule has 0 spiro atoms. The molecule has 2 atom stereocenters. The summed E-state index contributed by atoms with van der Waals surface area (Å²) in [6.07, 6.45) is 4.22. The van der Waals surface area contributed by atoms with Crippen molar-refractivity contribution in [1.82, 2.24) is 15.3 Å². The van der Waals surface area contributed by atoms with Crippen LogP contribution in [0.5, 0.6) is 0 Å². The third-order valence-electron chi connectivity index (χ3n) is 2.25. The smallest absolute Gasteiger partial charge is 0.224 e. The van der Waals surface area contributed by atoms with Gasteiger partial charge in [0.15, 0.2) is 0 Å². The van der Waals surface area contributed by atoms with Gasteiger partial charge in [0.25, 0.3) is 0 Å². The maximum atomic E-state index is 11.6. The Morgan fingerprint density at radius 1 is 1.73 bits per heavy atom. The molecule has 0 aliphatic rings. The summed E-state index contributed by atoms with van der Waals surface area (Å²) in [5.41, 5.74) is 0. The molecular formula is C10H16ClN3O. The molecule has 15 heavy (non-hydrogen) atoms. The topological polar surface area (TPSA) is 57.8 Å². The fraction of sp³-hybridized carbons (Fsp3) is 0.600.